The van der Waals surface area contributed by atoms with Crippen molar-refractivity contribution in [3.8, 4) is 17.4 Å². The Hall–Kier alpha value is -3.04. The number of amides is 1. The SMILES string of the molecule is Cc1cc(C)n(-c2cc(NC(=O)CNC[C@@H]3CCCO3)nc(-c3ccc(C)o3)n2)n1. The lowest BCUT2D eigenvalue weighted by Crippen LogP contribution is -2.33. The van der Waals surface area contributed by atoms with Gasteiger partial charge in [0.05, 0.1) is 18.3 Å². The van der Waals surface area contributed by atoms with Crippen LogP contribution in [0.5, 0.6) is 0 Å². The van der Waals surface area contributed by atoms with Crippen molar-refractivity contribution in [3.63, 3.8) is 0 Å². The first kappa shape index (κ1) is 20.2. The number of rotatable bonds is 7. The summed E-state index contributed by atoms with van der Waals surface area (Å²) in [5.74, 6) is 2.43. The van der Waals surface area contributed by atoms with E-state index in [1.807, 2.05) is 39.0 Å². The van der Waals surface area contributed by atoms with Crippen LogP contribution in [-0.2, 0) is 9.53 Å². The first-order chi connectivity index (χ1) is 14.5. The number of hydrogen-bond acceptors (Lipinski definition) is 7. The molecule has 1 atom stereocenters. The third-order valence-electron chi connectivity index (χ3n) is 4.85. The maximum Gasteiger partial charge on any atom is 0.239 e. The van der Waals surface area contributed by atoms with Crippen molar-refractivity contribution in [3.05, 3.63) is 41.4 Å². The lowest BCUT2D eigenvalue weighted by molar-refractivity contribution is -0.115. The second kappa shape index (κ2) is 8.76. The number of nitrogens with one attached hydrogen (secondary N) is 2. The van der Waals surface area contributed by atoms with E-state index in [4.69, 9.17) is 9.15 Å². The first-order valence-electron chi connectivity index (χ1n) is 10.1. The molecule has 0 spiro atoms. The highest BCUT2D eigenvalue weighted by Crippen LogP contribution is 2.22. The summed E-state index contributed by atoms with van der Waals surface area (Å²) >= 11 is 0. The van der Waals surface area contributed by atoms with Crippen LogP contribution in [-0.4, -0.2) is 51.5 Å². The van der Waals surface area contributed by atoms with Crippen LogP contribution in [0.25, 0.3) is 17.4 Å². The molecule has 0 aliphatic carbocycles. The molecule has 0 radical (unpaired) electrons. The Morgan fingerprint density at radius 2 is 2.10 bits per heavy atom. The van der Waals surface area contributed by atoms with Crippen molar-refractivity contribution in [2.75, 3.05) is 25.0 Å². The zero-order chi connectivity index (χ0) is 21.1. The molecular weight excluding hydrogens is 384 g/mol. The highest BCUT2D eigenvalue weighted by Gasteiger charge is 2.17. The van der Waals surface area contributed by atoms with Gasteiger partial charge in [-0.2, -0.15) is 5.10 Å². The van der Waals surface area contributed by atoms with E-state index in [0.717, 1.165) is 36.6 Å². The zero-order valence-electron chi connectivity index (χ0n) is 17.4. The molecule has 9 nitrogen and oxygen atoms in total. The number of aryl methyl sites for hydroxylation is 3. The fraction of sp³-hybridized carbons (Fsp3) is 0.429. The minimum atomic E-state index is -0.187. The Morgan fingerprint density at radius 3 is 2.77 bits per heavy atom. The number of nitrogens with zero attached hydrogens (tertiary/aromatic N) is 4. The fourth-order valence-corrected chi connectivity index (χ4v) is 3.47. The molecule has 1 fully saturated rings. The molecular formula is C21H26N6O3. The second-order valence-corrected chi connectivity index (χ2v) is 7.50. The molecule has 0 saturated carbocycles. The largest absolute Gasteiger partial charge is 0.458 e. The van der Waals surface area contributed by atoms with E-state index >= 15 is 0 Å². The van der Waals surface area contributed by atoms with Crippen molar-refractivity contribution >= 4 is 11.7 Å². The predicted molar refractivity (Wildman–Crippen MR) is 112 cm³/mol. The summed E-state index contributed by atoms with van der Waals surface area (Å²) in [7, 11) is 0. The lowest BCUT2D eigenvalue weighted by Gasteiger charge is -2.12. The summed E-state index contributed by atoms with van der Waals surface area (Å²) < 4.78 is 13.0. The van der Waals surface area contributed by atoms with Gasteiger partial charge in [0.1, 0.15) is 11.6 Å². The van der Waals surface area contributed by atoms with Crippen LogP contribution in [0.15, 0.2) is 28.7 Å². The van der Waals surface area contributed by atoms with Gasteiger partial charge in [0, 0.05) is 24.9 Å². The van der Waals surface area contributed by atoms with Crippen molar-refractivity contribution in [1.29, 1.82) is 0 Å². The van der Waals surface area contributed by atoms with Crippen LogP contribution in [0.1, 0.15) is 30.0 Å². The van der Waals surface area contributed by atoms with E-state index in [-0.39, 0.29) is 18.6 Å². The summed E-state index contributed by atoms with van der Waals surface area (Å²) in [6.07, 6.45) is 2.28. The van der Waals surface area contributed by atoms with Gasteiger partial charge in [0.2, 0.25) is 5.91 Å². The molecule has 4 heterocycles. The maximum absolute atomic E-state index is 12.4. The van der Waals surface area contributed by atoms with Crippen molar-refractivity contribution in [2.45, 2.75) is 39.7 Å². The number of carbonyl (C=O) groups excluding carboxylic acids is 1. The normalized spacial score (nSPS) is 16.2. The molecule has 3 aromatic rings. The molecule has 9 heteroatoms. The molecule has 1 aliphatic rings. The second-order valence-electron chi connectivity index (χ2n) is 7.50. The molecule has 2 N–H and O–H groups in total. The highest BCUT2D eigenvalue weighted by atomic mass is 16.5. The van der Waals surface area contributed by atoms with Crippen LogP contribution in [0.2, 0.25) is 0 Å². The van der Waals surface area contributed by atoms with Crippen LogP contribution in [0.3, 0.4) is 0 Å². The van der Waals surface area contributed by atoms with E-state index in [1.165, 1.54) is 0 Å². The number of carbonyl (C=O) groups is 1. The molecule has 30 heavy (non-hydrogen) atoms. The van der Waals surface area contributed by atoms with Crippen LogP contribution < -0.4 is 10.6 Å². The van der Waals surface area contributed by atoms with Crippen LogP contribution in [0, 0.1) is 20.8 Å². The van der Waals surface area contributed by atoms with Gasteiger partial charge in [-0.05, 0) is 51.8 Å². The van der Waals surface area contributed by atoms with E-state index in [9.17, 15) is 4.79 Å². The Labute approximate surface area is 174 Å². The predicted octanol–water partition coefficient (Wildman–Crippen LogP) is 2.55. The molecule has 3 aromatic heterocycles. The Balaban J connectivity index is 1.54. The molecule has 4 rings (SSSR count). The maximum atomic E-state index is 12.4. The molecule has 0 aromatic carbocycles. The quantitative estimate of drug-likeness (QED) is 0.616. The lowest BCUT2D eigenvalue weighted by atomic mass is 10.2. The van der Waals surface area contributed by atoms with E-state index in [2.05, 4.69) is 25.7 Å². The van der Waals surface area contributed by atoms with E-state index in [1.54, 1.807) is 10.7 Å². The third-order valence-corrected chi connectivity index (χ3v) is 4.85. The van der Waals surface area contributed by atoms with E-state index < -0.39 is 0 Å². The monoisotopic (exact) mass is 410 g/mol. The number of furan rings is 1. The number of ether oxygens (including phenoxy) is 1. The highest BCUT2D eigenvalue weighted by molar-refractivity contribution is 5.91. The first-order valence-corrected chi connectivity index (χ1v) is 10.1. The van der Waals surface area contributed by atoms with Crippen molar-refractivity contribution < 1.29 is 13.9 Å². The van der Waals surface area contributed by atoms with Gasteiger partial charge in [0.15, 0.2) is 17.4 Å². The van der Waals surface area contributed by atoms with Crippen molar-refractivity contribution in [1.82, 2.24) is 25.1 Å². The van der Waals surface area contributed by atoms with Gasteiger partial charge >= 0.3 is 0 Å². The number of anilines is 1. The van der Waals surface area contributed by atoms with Gasteiger partial charge < -0.3 is 19.8 Å². The Bertz CT molecular complexity index is 1040. The molecule has 1 aliphatic heterocycles. The van der Waals surface area contributed by atoms with Gasteiger partial charge in [-0.15, -0.1) is 0 Å². The molecule has 0 bridgehead atoms. The van der Waals surface area contributed by atoms with Gasteiger partial charge in [-0.1, -0.05) is 0 Å². The van der Waals surface area contributed by atoms with Crippen LogP contribution >= 0.6 is 0 Å². The summed E-state index contributed by atoms with van der Waals surface area (Å²) in [5, 5.41) is 10.5. The number of hydrogen-bond donors (Lipinski definition) is 2. The third kappa shape index (κ3) is 4.74. The zero-order valence-corrected chi connectivity index (χ0v) is 17.4. The van der Waals surface area contributed by atoms with Gasteiger partial charge in [0.25, 0.3) is 0 Å². The Morgan fingerprint density at radius 1 is 1.23 bits per heavy atom. The van der Waals surface area contributed by atoms with Gasteiger partial charge in [-0.3, -0.25) is 4.79 Å². The summed E-state index contributed by atoms with van der Waals surface area (Å²) in [6, 6.07) is 7.33. The number of aromatic nitrogens is 4. The topological polar surface area (TPSA) is 107 Å². The molecule has 158 valence electrons. The summed E-state index contributed by atoms with van der Waals surface area (Å²) in [5.41, 5.74) is 1.81. The fourth-order valence-electron chi connectivity index (χ4n) is 3.47. The van der Waals surface area contributed by atoms with Crippen molar-refractivity contribution in [2.24, 2.45) is 0 Å². The van der Waals surface area contributed by atoms with Crippen LogP contribution in [0.4, 0.5) is 5.82 Å². The standard InChI is InChI=1S/C21H26N6O3/c1-13-9-14(2)27(26-13)19-10-18(24-21(25-19)17-7-6-15(3)30-17)23-20(28)12-22-11-16-5-4-8-29-16/h6-7,9-10,16,22H,4-5,8,11-12H2,1-3H3,(H,23,24,25,28)/t16-/m0/s1. The molecule has 0 unspecified atom stereocenters. The average Bonchev–Trinajstić information content (AvgIpc) is 3.43. The minimum absolute atomic E-state index is 0.175. The van der Waals surface area contributed by atoms with Gasteiger partial charge in [-0.25, -0.2) is 14.6 Å². The van der Waals surface area contributed by atoms with E-state index in [0.29, 0.717) is 29.8 Å². The minimum Gasteiger partial charge on any atom is -0.458 e. The smallest absolute Gasteiger partial charge is 0.239 e. The average molecular weight is 410 g/mol. The summed E-state index contributed by atoms with van der Waals surface area (Å²) in [6.45, 7) is 7.36. The molecule has 1 saturated heterocycles. The Kier molecular flexibility index (Phi) is 5.91. The summed E-state index contributed by atoms with van der Waals surface area (Å²) in [4.78, 5) is 21.5. The molecule has 1 amide bonds.